The fourth-order valence-corrected chi connectivity index (χ4v) is 2.17. The summed E-state index contributed by atoms with van der Waals surface area (Å²) in [5.74, 6) is 1.06. The zero-order chi connectivity index (χ0) is 11.3. The normalized spacial score (nSPS) is 12.1. The zero-order valence-electron chi connectivity index (χ0n) is 8.99. The molecule has 0 amide bonds. The van der Waals surface area contributed by atoms with Crippen molar-refractivity contribution in [3.63, 3.8) is 0 Å². The van der Waals surface area contributed by atoms with Gasteiger partial charge in [0.15, 0.2) is 0 Å². The van der Waals surface area contributed by atoms with E-state index < -0.39 is 0 Å². The predicted molar refractivity (Wildman–Crippen MR) is 64.8 cm³/mol. The molecule has 3 N–H and O–H groups in total. The van der Waals surface area contributed by atoms with Gasteiger partial charge in [-0.05, 0) is 24.6 Å². The largest absolute Gasteiger partial charge is 0.497 e. The van der Waals surface area contributed by atoms with Gasteiger partial charge in [-0.3, -0.25) is 5.41 Å². The summed E-state index contributed by atoms with van der Waals surface area (Å²) in [6, 6.07) is 7.79. The first-order valence-electron chi connectivity index (χ1n) is 4.82. The molecule has 0 bridgehead atoms. The van der Waals surface area contributed by atoms with Crippen LogP contribution in [0.15, 0.2) is 29.2 Å². The van der Waals surface area contributed by atoms with Gasteiger partial charge in [0.05, 0.1) is 12.4 Å². The average molecular weight is 224 g/mol. The van der Waals surface area contributed by atoms with Crippen LogP contribution in [-0.4, -0.2) is 18.2 Å². The van der Waals surface area contributed by atoms with Crippen molar-refractivity contribution in [2.45, 2.75) is 23.5 Å². The summed E-state index contributed by atoms with van der Waals surface area (Å²) in [5, 5.41) is 7.48. The molecular formula is C11H16N2OS. The van der Waals surface area contributed by atoms with E-state index in [2.05, 4.69) is 0 Å². The summed E-state index contributed by atoms with van der Waals surface area (Å²) in [4.78, 5) is 1.08. The van der Waals surface area contributed by atoms with Gasteiger partial charge in [0, 0.05) is 4.90 Å². The molecule has 4 heteroatoms. The van der Waals surface area contributed by atoms with Crippen LogP contribution in [0.2, 0.25) is 0 Å². The Morgan fingerprint density at radius 1 is 1.60 bits per heavy atom. The van der Waals surface area contributed by atoms with Gasteiger partial charge >= 0.3 is 0 Å². The minimum Gasteiger partial charge on any atom is -0.497 e. The van der Waals surface area contributed by atoms with Gasteiger partial charge < -0.3 is 10.5 Å². The standard InChI is InChI=1S/C11H16N2OS/c1-3-10(11(12)13)15-9-6-4-5-8(7-9)14-2/h4-7,10H,3H2,1-2H3,(H3,12,13). The summed E-state index contributed by atoms with van der Waals surface area (Å²) in [5.41, 5.74) is 5.50. The summed E-state index contributed by atoms with van der Waals surface area (Å²) in [6.45, 7) is 2.03. The third-order valence-electron chi connectivity index (χ3n) is 2.04. The number of ether oxygens (including phenoxy) is 1. The van der Waals surface area contributed by atoms with Crippen LogP contribution in [0.1, 0.15) is 13.3 Å². The van der Waals surface area contributed by atoms with E-state index in [1.54, 1.807) is 18.9 Å². The average Bonchev–Trinajstić information content (AvgIpc) is 2.25. The van der Waals surface area contributed by atoms with Gasteiger partial charge in [-0.25, -0.2) is 0 Å². The maximum atomic E-state index is 7.43. The van der Waals surface area contributed by atoms with Crippen molar-refractivity contribution in [2.24, 2.45) is 5.73 Å². The number of nitrogens with two attached hydrogens (primary N) is 1. The number of benzene rings is 1. The number of amidine groups is 1. The third kappa shape index (κ3) is 3.47. The molecule has 1 aromatic rings. The highest BCUT2D eigenvalue weighted by Crippen LogP contribution is 2.27. The zero-order valence-corrected chi connectivity index (χ0v) is 9.80. The van der Waals surface area contributed by atoms with Crippen molar-refractivity contribution >= 4 is 17.6 Å². The lowest BCUT2D eigenvalue weighted by molar-refractivity contribution is 0.413. The van der Waals surface area contributed by atoms with E-state index in [9.17, 15) is 0 Å². The van der Waals surface area contributed by atoms with Crippen molar-refractivity contribution in [1.29, 1.82) is 5.41 Å². The Morgan fingerprint density at radius 2 is 2.33 bits per heavy atom. The van der Waals surface area contributed by atoms with E-state index in [0.717, 1.165) is 17.1 Å². The van der Waals surface area contributed by atoms with Gasteiger partial charge in [-0.2, -0.15) is 0 Å². The van der Waals surface area contributed by atoms with E-state index in [-0.39, 0.29) is 11.1 Å². The van der Waals surface area contributed by atoms with Gasteiger partial charge in [0.2, 0.25) is 0 Å². The van der Waals surface area contributed by atoms with E-state index >= 15 is 0 Å². The summed E-state index contributed by atoms with van der Waals surface area (Å²) >= 11 is 1.60. The summed E-state index contributed by atoms with van der Waals surface area (Å²) < 4.78 is 5.13. The molecule has 0 aliphatic rings. The molecule has 1 rings (SSSR count). The van der Waals surface area contributed by atoms with E-state index in [1.807, 2.05) is 31.2 Å². The van der Waals surface area contributed by atoms with Crippen LogP contribution in [-0.2, 0) is 0 Å². The Bertz CT molecular complexity index is 341. The first kappa shape index (κ1) is 11.9. The van der Waals surface area contributed by atoms with Crippen LogP contribution in [0.4, 0.5) is 0 Å². The first-order chi connectivity index (χ1) is 7.17. The Hall–Kier alpha value is -1.16. The smallest absolute Gasteiger partial charge is 0.119 e. The number of methoxy groups -OCH3 is 1. The minimum absolute atomic E-state index is 0.0529. The lowest BCUT2D eigenvalue weighted by Gasteiger charge is -2.12. The van der Waals surface area contributed by atoms with Gasteiger partial charge in [-0.15, -0.1) is 11.8 Å². The molecule has 3 nitrogen and oxygen atoms in total. The number of hydrogen-bond acceptors (Lipinski definition) is 3. The molecule has 0 radical (unpaired) electrons. The maximum Gasteiger partial charge on any atom is 0.119 e. The van der Waals surface area contributed by atoms with Crippen LogP contribution < -0.4 is 10.5 Å². The SMILES string of the molecule is CCC(Sc1cccc(OC)c1)C(=N)N. The van der Waals surface area contributed by atoms with Gasteiger partial charge in [-0.1, -0.05) is 13.0 Å². The topological polar surface area (TPSA) is 59.1 Å². The fourth-order valence-electron chi connectivity index (χ4n) is 1.21. The second kappa shape index (κ2) is 5.66. The number of nitrogens with one attached hydrogen (secondary N) is 1. The van der Waals surface area contributed by atoms with Crippen molar-refractivity contribution in [1.82, 2.24) is 0 Å². The molecular weight excluding hydrogens is 208 g/mol. The summed E-state index contributed by atoms with van der Waals surface area (Å²) in [7, 11) is 1.64. The maximum absolute atomic E-state index is 7.43. The molecule has 82 valence electrons. The van der Waals surface area contributed by atoms with Crippen LogP contribution in [0.3, 0.4) is 0 Å². The third-order valence-corrected chi connectivity index (χ3v) is 3.44. The van der Waals surface area contributed by atoms with Gasteiger partial charge in [0.1, 0.15) is 11.6 Å². The molecule has 0 heterocycles. The second-order valence-electron chi connectivity index (χ2n) is 3.15. The Labute approximate surface area is 94.5 Å². The molecule has 0 aliphatic heterocycles. The van der Waals surface area contributed by atoms with Crippen molar-refractivity contribution in [3.05, 3.63) is 24.3 Å². The van der Waals surface area contributed by atoms with E-state index in [0.29, 0.717) is 0 Å². The van der Waals surface area contributed by atoms with Crippen molar-refractivity contribution in [3.8, 4) is 5.75 Å². The van der Waals surface area contributed by atoms with Crippen LogP contribution in [0.5, 0.6) is 5.75 Å². The number of hydrogen-bond donors (Lipinski definition) is 2. The van der Waals surface area contributed by atoms with Crippen LogP contribution >= 0.6 is 11.8 Å². The Balaban J connectivity index is 2.74. The highest BCUT2D eigenvalue weighted by Gasteiger charge is 2.11. The molecule has 0 saturated heterocycles. The summed E-state index contributed by atoms with van der Waals surface area (Å²) in [6.07, 6.45) is 0.858. The molecule has 1 unspecified atom stereocenters. The lowest BCUT2D eigenvalue weighted by Crippen LogP contribution is -2.23. The van der Waals surface area contributed by atoms with Crippen molar-refractivity contribution < 1.29 is 4.74 Å². The Morgan fingerprint density at radius 3 is 2.87 bits per heavy atom. The molecule has 0 spiro atoms. The molecule has 0 aromatic heterocycles. The highest BCUT2D eigenvalue weighted by molar-refractivity contribution is 8.00. The lowest BCUT2D eigenvalue weighted by atomic mass is 10.3. The molecule has 0 aliphatic carbocycles. The monoisotopic (exact) mass is 224 g/mol. The highest BCUT2D eigenvalue weighted by atomic mass is 32.2. The number of rotatable bonds is 5. The van der Waals surface area contributed by atoms with E-state index in [4.69, 9.17) is 15.9 Å². The van der Waals surface area contributed by atoms with E-state index in [1.165, 1.54) is 0 Å². The fraction of sp³-hybridized carbons (Fsp3) is 0.364. The van der Waals surface area contributed by atoms with Gasteiger partial charge in [0.25, 0.3) is 0 Å². The predicted octanol–water partition coefficient (Wildman–Crippen LogP) is 2.50. The van der Waals surface area contributed by atoms with Crippen LogP contribution in [0.25, 0.3) is 0 Å². The molecule has 1 aromatic carbocycles. The quantitative estimate of drug-likeness (QED) is 0.459. The molecule has 1 atom stereocenters. The second-order valence-corrected chi connectivity index (χ2v) is 4.43. The molecule has 0 saturated carbocycles. The Kier molecular flexibility index (Phi) is 4.49. The molecule has 15 heavy (non-hydrogen) atoms. The minimum atomic E-state index is 0.0529. The first-order valence-corrected chi connectivity index (χ1v) is 5.70. The van der Waals surface area contributed by atoms with Crippen LogP contribution in [0, 0.1) is 5.41 Å². The number of thioether (sulfide) groups is 1. The van der Waals surface area contributed by atoms with Crippen molar-refractivity contribution in [2.75, 3.05) is 7.11 Å². The molecule has 0 fully saturated rings.